The standard InChI is InChI=1S/C15H17N3O2.ClH/c1-15(17,14(16)20)11(9-19)7-6-10-8-18-13-5-3-2-4-12(10)13;/h2-5,8,18H,6-7,17H2,1H3,(H2,16,20);1H. The SMILES string of the molecule is CC(N)(C(N)=O)C(=C=O)CCc1c[nH]c2ccccc12.Cl. The highest BCUT2D eigenvalue weighted by molar-refractivity contribution is 5.90. The number of fused-ring (bicyclic) bond motifs is 1. The molecule has 0 spiro atoms. The number of carbonyl (C=O) groups is 1. The van der Waals surface area contributed by atoms with Crippen molar-refractivity contribution < 1.29 is 9.59 Å². The first-order valence-corrected chi connectivity index (χ1v) is 6.35. The minimum absolute atomic E-state index is 0. The van der Waals surface area contributed by atoms with Gasteiger partial charge < -0.3 is 16.5 Å². The van der Waals surface area contributed by atoms with Crippen molar-refractivity contribution in [2.45, 2.75) is 25.3 Å². The van der Waals surface area contributed by atoms with Crippen molar-refractivity contribution in [3.8, 4) is 0 Å². The molecule has 5 N–H and O–H groups in total. The lowest BCUT2D eigenvalue weighted by Crippen LogP contribution is -2.51. The average molecular weight is 308 g/mol. The summed E-state index contributed by atoms with van der Waals surface area (Å²) in [5.74, 6) is 1.04. The Balaban J connectivity index is 0.00000220. The number of nitrogens with one attached hydrogen (secondary N) is 1. The van der Waals surface area contributed by atoms with Gasteiger partial charge in [0.15, 0.2) is 0 Å². The molecule has 0 radical (unpaired) electrons. The van der Waals surface area contributed by atoms with Gasteiger partial charge in [0.25, 0.3) is 0 Å². The molecule has 2 aromatic rings. The van der Waals surface area contributed by atoms with Crippen molar-refractivity contribution in [3.63, 3.8) is 0 Å². The Labute approximate surface area is 128 Å². The van der Waals surface area contributed by atoms with Crippen LogP contribution in [0.1, 0.15) is 18.9 Å². The topological polar surface area (TPSA) is 102 Å². The minimum atomic E-state index is -1.45. The van der Waals surface area contributed by atoms with Crippen LogP contribution in [0.5, 0.6) is 0 Å². The molecule has 6 heteroatoms. The summed E-state index contributed by atoms with van der Waals surface area (Å²) in [4.78, 5) is 25.5. The highest BCUT2D eigenvalue weighted by Crippen LogP contribution is 2.22. The van der Waals surface area contributed by atoms with Crippen molar-refractivity contribution in [1.82, 2.24) is 4.98 Å². The molecule has 1 heterocycles. The van der Waals surface area contributed by atoms with E-state index in [1.807, 2.05) is 30.5 Å². The molecule has 0 aliphatic heterocycles. The van der Waals surface area contributed by atoms with Crippen molar-refractivity contribution in [2.24, 2.45) is 11.5 Å². The van der Waals surface area contributed by atoms with Crippen molar-refractivity contribution >= 4 is 35.2 Å². The number of aryl methyl sites for hydroxylation is 1. The second-order valence-electron chi connectivity index (χ2n) is 5.01. The maximum Gasteiger partial charge on any atom is 0.242 e. The summed E-state index contributed by atoms with van der Waals surface area (Å²) in [6, 6.07) is 7.88. The van der Waals surface area contributed by atoms with Crippen LogP contribution in [-0.2, 0) is 16.0 Å². The van der Waals surface area contributed by atoms with Gasteiger partial charge in [-0.25, -0.2) is 4.79 Å². The van der Waals surface area contributed by atoms with Gasteiger partial charge in [0.05, 0.1) is 0 Å². The zero-order valence-corrected chi connectivity index (χ0v) is 12.5. The number of hydrogen-bond acceptors (Lipinski definition) is 3. The van der Waals surface area contributed by atoms with Crippen LogP contribution in [0, 0.1) is 0 Å². The van der Waals surface area contributed by atoms with Crippen molar-refractivity contribution in [3.05, 3.63) is 41.6 Å². The fraction of sp³-hybridized carbons (Fsp3) is 0.267. The summed E-state index contributed by atoms with van der Waals surface area (Å²) in [6.45, 7) is 1.44. The molecule has 0 bridgehead atoms. The molecule has 2 rings (SSSR count). The Morgan fingerprint density at radius 3 is 2.67 bits per heavy atom. The van der Waals surface area contributed by atoms with E-state index in [-0.39, 0.29) is 18.0 Å². The lowest BCUT2D eigenvalue weighted by atomic mass is 9.89. The molecule has 0 aliphatic carbocycles. The van der Waals surface area contributed by atoms with Crippen LogP contribution >= 0.6 is 12.4 Å². The second kappa shape index (κ2) is 6.59. The Kier molecular flexibility index (Phi) is 5.33. The number of amides is 1. The average Bonchev–Trinajstić information content (AvgIpc) is 2.82. The van der Waals surface area contributed by atoms with E-state index < -0.39 is 11.4 Å². The predicted octanol–water partition coefficient (Wildman–Crippen LogP) is 1.48. The largest absolute Gasteiger partial charge is 0.368 e. The van der Waals surface area contributed by atoms with E-state index in [0.717, 1.165) is 16.5 Å². The van der Waals surface area contributed by atoms with Gasteiger partial charge in [0, 0.05) is 22.7 Å². The van der Waals surface area contributed by atoms with Gasteiger partial charge >= 0.3 is 0 Å². The fourth-order valence-corrected chi connectivity index (χ4v) is 2.16. The molecule has 0 aliphatic rings. The Hall–Kier alpha value is -2.07. The van der Waals surface area contributed by atoms with E-state index in [1.165, 1.54) is 6.92 Å². The summed E-state index contributed by atoms with van der Waals surface area (Å²) in [5, 5.41) is 1.09. The molecule has 0 fully saturated rings. The van der Waals surface area contributed by atoms with Crippen LogP contribution < -0.4 is 11.5 Å². The molecule has 1 unspecified atom stereocenters. The molecule has 112 valence electrons. The zero-order chi connectivity index (χ0) is 14.8. The quantitative estimate of drug-likeness (QED) is 0.729. The van der Waals surface area contributed by atoms with E-state index in [2.05, 4.69) is 4.98 Å². The van der Waals surface area contributed by atoms with Crippen LogP contribution in [-0.4, -0.2) is 22.4 Å². The molecule has 5 nitrogen and oxygen atoms in total. The van der Waals surface area contributed by atoms with Crippen LogP contribution in [0.25, 0.3) is 10.9 Å². The third kappa shape index (κ3) is 3.34. The molecule has 21 heavy (non-hydrogen) atoms. The van der Waals surface area contributed by atoms with Crippen molar-refractivity contribution in [1.29, 1.82) is 0 Å². The normalized spacial score (nSPS) is 13.0. The molecule has 1 aromatic carbocycles. The summed E-state index contributed by atoms with van der Waals surface area (Å²) in [5.41, 5.74) is 11.8. The molecule has 0 saturated heterocycles. The third-order valence-electron chi connectivity index (χ3n) is 3.58. The first-order chi connectivity index (χ1) is 9.46. The summed E-state index contributed by atoms with van der Waals surface area (Å²) >= 11 is 0. The smallest absolute Gasteiger partial charge is 0.242 e. The first-order valence-electron chi connectivity index (χ1n) is 6.35. The fourth-order valence-electron chi connectivity index (χ4n) is 2.16. The number of aromatic nitrogens is 1. The number of halogens is 1. The van der Waals surface area contributed by atoms with Gasteiger partial charge in [-0.1, -0.05) is 18.2 Å². The zero-order valence-electron chi connectivity index (χ0n) is 11.7. The van der Waals surface area contributed by atoms with E-state index in [9.17, 15) is 9.59 Å². The van der Waals surface area contributed by atoms with Crippen LogP contribution in [0.15, 0.2) is 36.0 Å². The van der Waals surface area contributed by atoms with Gasteiger partial charge in [-0.05, 0) is 31.4 Å². The van der Waals surface area contributed by atoms with Crippen molar-refractivity contribution in [2.75, 3.05) is 0 Å². The van der Waals surface area contributed by atoms with Gasteiger partial charge in [-0.3, -0.25) is 4.79 Å². The number of para-hydroxylation sites is 1. The number of primary amides is 1. The van der Waals surface area contributed by atoms with Crippen LogP contribution in [0.2, 0.25) is 0 Å². The maximum atomic E-state index is 11.3. The van der Waals surface area contributed by atoms with E-state index in [0.29, 0.717) is 12.8 Å². The lowest BCUT2D eigenvalue weighted by molar-refractivity contribution is -0.121. The summed E-state index contributed by atoms with van der Waals surface area (Å²) in [7, 11) is 0. The number of nitrogens with two attached hydrogens (primary N) is 2. The molecular weight excluding hydrogens is 290 g/mol. The highest BCUT2D eigenvalue weighted by atomic mass is 35.5. The number of rotatable bonds is 5. The first kappa shape index (κ1) is 17.0. The third-order valence-corrected chi connectivity index (χ3v) is 3.58. The van der Waals surface area contributed by atoms with Gasteiger partial charge in [0.2, 0.25) is 5.91 Å². The molecular formula is C15H18ClN3O2. The Morgan fingerprint density at radius 2 is 2.05 bits per heavy atom. The van der Waals surface area contributed by atoms with E-state index in [1.54, 1.807) is 5.94 Å². The number of H-pyrrole nitrogens is 1. The predicted molar refractivity (Wildman–Crippen MR) is 84.9 cm³/mol. The van der Waals surface area contributed by atoms with Gasteiger partial charge in [0.1, 0.15) is 11.5 Å². The Bertz CT molecular complexity index is 700. The number of hydrogen-bond donors (Lipinski definition) is 3. The monoisotopic (exact) mass is 307 g/mol. The molecule has 0 saturated carbocycles. The van der Waals surface area contributed by atoms with Crippen LogP contribution in [0.3, 0.4) is 0 Å². The maximum absolute atomic E-state index is 11.3. The molecule has 1 amide bonds. The van der Waals surface area contributed by atoms with E-state index in [4.69, 9.17) is 11.5 Å². The lowest BCUT2D eigenvalue weighted by Gasteiger charge is -2.21. The number of carbonyl (C=O) groups excluding carboxylic acids is 2. The van der Waals surface area contributed by atoms with Crippen LogP contribution in [0.4, 0.5) is 0 Å². The van der Waals surface area contributed by atoms with Gasteiger partial charge in [-0.2, -0.15) is 0 Å². The second-order valence-corrected chi connectivity index (χ2v) is 5.01. The summed E-state index contributed by atoms with van der Waals surface area (Å²) in [6.07, 6.45) is 2.83. The molecule has 1 aromatic heterocycles. The number of aromatic amines is 1. The molecule has 1 atom stereocenters. The minimum Gasteiger partial charge on any atom is -0.368 e. The van der Waals surface area contributed by atoms with E-state index >= 15 is 0 Å². The highest BCUT2D eigenvalue weighted by Gasteiger charge is 2.31. The Morgan fingerprint density at radius 1 is 1.38 bits per heavy atom. The summed E-state index contributed by atoms with van der Waals surface area (Å²) < 4.78 is 0. The van der Waals surface area contributed by atoms with Gasteiger partial charge in [-0.15, -0.1) is 12.4 Å². The number of benzene rings is 1.